The third-order valence-electron chi connectivity index (χ3n) is 3.82. The number of nitrogens with one attached hydrogen (secondary N) is 1. The molecule has 2 rings (SSSR count). The lowest BCUT2D eigenvalue weighted by Crippen LogP contribution is -2.49. The normalized spacial score (nSPS) is 19.5. The van der Waals surface area contributed by atoms with Crippen molar-refractivity contribution in [2.75, 3.05) is 6.54 Å². The molecule has 112 valence electrons. The van der Waals surface area contributed by atoms with Gasteiger partial charge in [-0.05, 0) is 31.0 Å². The molecular weight excluding hydrogens is 296 g/mol. The minimum absolute atomic E-state index is 0.183. The van der Waals surface area contributed by atoms with E-state index in [0.717, 1.165) is 25.7 Å². The van der Waals surface area contributed by atoms with Gasteiger partial charge >= 0.3 is 0 Å². The molecule has 0 amide bonds. The maximum atomic E-state index is 12.2. The largest absolute Gasteiger partial charge is 0.324 e. The smallest absolute Gasteiger partial charge is 0.240 e. The van der Waals surface area contributed by atoms with Gasteiger partial charge in [0.15, 0.2) is 0 Å². The van der Waals surface area contributed by atoms with Crippen molar-refractivity contribution in [3.8, 4) is 0 Å². The topological polar surface area (TPSA) is 72.2 Å². The van der Waals surface area contributed by atoms with E-state index in [4.69, 9.17) is 17.3 Å². The molecule has 1 aromatic carbocycles. The highest BCUT2D eigenvalue weighted by atomic mass is 35.5. The molecule has 0 radical (unpaired) electrons. The molecule has 1 aliphatic rings. The van der Waals surface area contributed by atoms with E-state index in [9.17, 15) is 8.42 Å². The van der Waals surface area contributed by atoms with Crippen LogP contribution in [0.25, 0.3) is 0 Å². The number of rotatable bonds is 4. The van der Waals surface area contributed by atoms with Crippen LogP contribution in [0.5, 0.6) is 0 Å². The number of halogens is 1. The summed E-state index contributed by atoms with van der Waals surface area (Å²) < 4.78 is 27.1. The second kappa shape index (κ2) is 6.43. The SMILES string of the molecule is NC1(CNS(=O)(=O)c2cccc(Cl)c2)CCCCCC1. The van der Waals surface area contributed by atoms with Gasteiger partial charge in [-0.25, -0.2) is 13.1 Å². The van der Waals surface area contributed by atoms with E-state index in [2.05, 4.69) is 4.72 Å². The monoisotopic (exact) mass is 316 g/mol. The van der Waals surface area contributed by atoms with E-state index in [1.165, 1.54) is 25.0 Å². The Balaban J connectivity index is 2.05. The molecule has 0 heterocycles. The molecule has 6 heteroatoms. The minimum atomic E-state index is -3.55. The predicted molar refractivity (Wildman–Crippen MR) is 81.3 cm³/mol. The Kier molecular flexibility index (Phi) is 5.07. The van der Waals surface area contributed by atoms with Crippen LogP contribution in [0.4, 0.5) is 0 Å². The van der Waals surface area contributed by atoms with Gasteiger partial charge in [0, 0.05) is 17.1 Å². The average molecular weight is 317 g/mol. The number of benzene rings is 1. The summed E-state index contributed by atoms with van der Waals surface area (Å²) in [6.07, 6.45) is 6.22. The highest BCUT2D eigenvalue weighted by molar-refractivity contribution is 7.89. The zero-order valence-corrected chi connectivity index (χ0v) is 13.0. The van der Waals surface area contributed by atoms with Gasteiger partial charge in [-0.15, -0.1) is 0 Å². The van der Waals surface area contributed by atoms with Crippen molar-refractivity contribution in [3.63, 3.8) is 0 Å². The van der Waals surface area contributed by atoms with Crippen molar-refractivity contribution in [2.45, 2.75) is 49.0 Å². The van der Waals surface area contributed by atoms with Gasteiger partial charge in [-0.2, -0.15) is 0 Å². The lowest BCUT2D eigenvalue weighted by Gasteiger charge is -2.28. The predicted octanol–water partition coefficient (Wildman–Crippen LogP) is 2.67. The zero-order valence-electron chi connectivity index (χ0n) is 11.4. The Morgan fingerprint density at radius 1 is 1.20 bits per heavy atom. The van der Waals surface area contributed by atoms with Gasteiger partial charge in [0.1, 0.15) is 0 Å². The van der Waals surface area contributed by atoms with Crippen LogP contribution in [0, 0.1) is 0 Å². The fourth-order valence-corrected chi connectivity index (χ4v) is 4.00. The molecule has 1 fully saturated rings. The van der Waals surface area contributed by atoms with Gasteiger partial charge in [-0.3, -0.25) is 0 Å². The van der Waals surface area contributed by atoms with Crippen LogP contribution < -0.4 is 10.5 Å². The number of sulfonamides is 1. The van der Waals surface area contributed by atoms with E-state index >= 15 is 0 Å². The second-order valence-electron chi connectivity index (χ2n) is 5.56. The maximum absolute atomic E-state index is 12.2. The van der Waals surface area contributed by atoms with Crippen molar-refractivity contribution in [1.29, 1.82) is 0 Å². The molecule has 0 saturated heterocycles. The molecule has 0 aliphatic heterocycles. The van der Waals surface area contributed by atoms with Crippen LogP contribution in [0.1, 0.15) is 38.5 Å². The molecular formula is C14H21ClN2O2S. The highest BCUT2D eigenvalue weighted by Crippen LogP contribution is 2.25. The summed E-state index contributed by atoms with van der Waals surface area (Å²) in [7, 11) is -3.55. The average Bonchev–Trinajstić information content (AvgIpc) is 2.62. The van der Waals surface area contributed by atoms with E-state index in [-0.39, 0.29) is 11.4 Å². The van der Waals surface area contributed by atoms with Crippen molar-refractivity contribution in [3.05, 3.63) is 29.3 Å². The van der Waals surface area contributed by atoms with Crippen molar-refractivity contribution < 1.29 is 8.42 Å². The molecule has 20 heavy (non-hydrogen) atoms. The van der Waals surface area contributed by atoms with Crippen LogP contribution in [0.3, 0.4) is 0 Å². The number of hydrogen-bond acceptors (Lipinski definition) is 3. The molecule has 3 N–H and O–H groups in total. The van der Waals surface area contributed by atoms with Crippen LogP contribution in [0.2, 0.25) is 5.02 Å². The van der Waals surface area contributed by atoms with Crippen LogP contribution in [-0.2, 0) is 10.0 Å². The van der Waals surface area contributed by atoms with Crippen molar-refractivity contribution in [1.82, 2.24) is 4.72 Å². The summed E-state index contributed by atoms with van der Waals surface area (Å²) >= 11 is 5.83. The van der Waals surface area contributed by atoms with Crippen molar-refractivity contribution in [2.24, 2.45) is 5.73 Å². The summed E-state index contributed by atoms with van der Waals surface area (Å²) in [5, 5.41) is 0.407. The molecule has 0 unspecified atom stereocenters. The van der Waals surface area contributed by atoms with Gasteiger partial charge in [0.05, 0.1) is 4.90 Å². The Labute approximate surface area is 125 Å². The van der Waals surface area contributed by atoms with E-state index < -0.39 is 15.6 Å². The van der Waals surface area contributed by atoms with Crippen molar-refractivity contribution >= 4 is 21.6 Å². The first-order chi connectivity index (χ1) is 9.41. The Morgan fingerprint density at radius 2 is 1.85 bits per heavy atom. The first-order valence-electron chi connectivity index (χ1n) is 6.95. The Hall–Kier alpha value is -0.620. The highest BCUT2D eigenvalue weighted by Gasteiger charge is 2.28. The van der Waals surface area contributed by atoms with Crippen LogP contribution >= 0.6 is 11.6 Å². The quantitative estimate of drug-likeness (QED) is 0.839. The molecule has 4 nitrogen and oxygen atoms in total. The minimum Gasteiger partial charge on any atom is -0.324 e. The Bertz CT molecular complexity index is 552. The van der Waals surface area contributed by atoms with E-state index in [0.29, 0.717) is 5.02 Å². The summed E-state index contributed by atoms with van der Waals surface area (Å²) in [6.45, 7) is 0.280. The second-order valence-corrected chi connectivity index (χ2v) is 7.76. The zero-order chi connectivity index (χ0) is 14.6. The molecule has 1 aliphatic carbocycles. The fraction of sp³-hybridized carbons (Fsp3) is 0.571. The van der Waals surface area contributed by atoms with Gasteiger partial charge in [0.25, 0.3) is 0 Å². The number of nitrogens with two attached hydrogens (primary N) is 1. The maximum Gasteiger partial charge on any atom is 0.240 e. The summed E-state index contributed by atoms with van der Waals surface area (Å²) in [5.41, 5.74) is 5.89. The summed E-state index contributed by atoms with van der Waals surface area (Å²) in [6, 6.07) is 6.25. The molecule has 0 spiro atoms. The lowest BCUT2D eigenvalue weighted by molar-refractivity contribution is 0.369. The fourth-order valence-electron chi connectivity index (χ4n) is 2.57. The van der Waals surface area contributed by atoms with Crippen LogP contribution in [0.15, 0.2) is 29.2 Å². The van der Waals surface area contributed by atoms with Gasteiger partial charge in [0.2, 0.25) is 10.0 Å². The third-order valence-corrected chi connectivity index (χ3v) is 5.45. The molecule has 0 aromatic heterocycles. The van der Waals surface area contributed by atoms with E-state index in [1.807, 2.05) is 0 Å². The molecule has 1 saturated carbocycles. The van der Waals surface area contributed by atoms with E-state index in [1.54, 1.807) is 12.1 Å². The first kappa shape index (κ1) is 15.8. The lowest BCUT2D eigenvalue weighted by atomic mass is 9.92. The first-order valence-corrected chi connectivity index (χ1v) is 8.82. The van der Waals surface area contributed by atoms with Crippen LogP contribution in [-0.4, -0.2) is 20.5 Å². The standard InChI is InChI=1S/C14H21ClN2O2S/c15-12-6-5-7-13(10-12)20(18,19)17-11-14(16)8-3-1-2-4-9-14/h5-7,10,17H,1-4,8-9,11,16H2. The molecule has 0 bridgehead atoms. The Morgan fingerprint density at radius 3 is 2.45 bits per heavy atom. The number of hydrogen-bond donors (Lipinski definition) is 2. The molecule has 0 atom stereocenters. The molecule has 1 aromatic rings. The summed E-state index contributed by atoms with van der Waals surface area (Å²) in [5.74, 6) is 0. The summed E-state index contributed by atoms with van der Waals surface area (Å²) in [4.78, 5) is 0.183. The van der Waals surface area contributed by atoms with Gasteiger partial charge in [-0.1, -0.05) is 43.4 Å². The third kappa shape index (κ3) is 4.19. The van der Waals surface area contributed by atoms with Gasteiger partial charge < -0.3 is 5.73 Å².